The standard InChI is InChI=1S/C27H35N5O4/c1-20-4-6-22(28-18-20)9-10-30-12-14-31(15-13-30)26(35)36-23-7-5-21(19-29-23)8-11-32-24(33)16-27(2,3)17-25(32)34/h4-7,18-19H,8-17H2,1-3H3. The zero-order chi connectivity index (χ0) is 25.7. The number of imide groups is 1. The molecule has 36 heavy (non-hydrogen) atoms. The number of hydrogen-bond acceptors (Lipinski definition) is 7. The molecule has 9 heteroatoms. The Bertz CT molecular complexity index is 1060. The van der Waals surface area contributed by atoms with E-state index in [4.69, 9.17) is 4.74 Å². The van der Waals surface area contributed by atoms with Gasteiger partial charge in [-0.05, 0) is 36.0 Å². The van der Waals surface area contributed by atoms with Crippen molar-refractivity contribution in [2.24, 2.45) is 5.41 Å². The number of pyridine rings is 2. The predicted octanol–water partition coefficient (Wildman–Crippen LogP) is 2.86. The minimum Gasteiger partial charge on any atom is -0.391 e. The highest BCUT2D eigenvalue weighted by Crippen LogP contribution is 2.31. The minimum absolute atomic E-state index is 0.123. The maximum atomic E-state index is 12.6. The average Bonchev–Trinajstić information content (AvgIpc) is 2.84. The number of carbonyl (C=O) groups excluding carboxylic acids is 3. The second-order valence-corrected chi connectivity index (χ2v) is 10.5. The Labute approximate surface area is 212 Å². The Morgan fingerprint density at radius 2 is 1.64 bits per heavy atom. The lowest BCUT2D eigenvalue weighted by atomic mass is 9.81. The largest absolute Gasteiger partial charge is 0.416 e. The summed E-state index contributed by atoms with van der Waals surface area (Å²) in [6, 6.07) is 7.61. The highest BCUT2D eigenvalue weighted by atomic mass is 16.6. The summed E-state index contributed by atoms with van der Waals surface area (Å²) in [7, 11) is 0. The quantitative estimate of drug-likeness (QED) is 0.547. The third-order valence-corrected chi connectivity index (χ3v) is 6.76. The van der Waals surface area contributed by atoms with Gasteiger partial charge in [0.2, 0.25) is 17.7 Å². The number of hydrogen-bond donors (Lipinski definition) is 0. The molecule has 0 spiro atoms. The second-order valence-electron chi connectivity index (χ2n) is 10.5. The van der Waals surface area contributed by atoms with Crippen LogP contribution in [0.2, 0.25) is 0 Å². The van der Waals surface area contributed by atoms with Gasteiger partial charge in [-0.15, -0.1) is 0 Å². The van der Waals surface area contributed by atoms with Gasteiger partial charge in [0.15, 0.2) is 0 Å². The van der Waals surface area contributed by atoms with Crippen molar-refractivity contribution in [3.8, 4) is 5.88 Å². The van der Waals surface area contributed by atoms with Gasteiger partial charge in [0, 0.05) is 82.7 Å². The topological polar surface area (TPSA) is 95.9 Å². The molecule has 4 heterocycles. The molecular formula is C27H35N5O4. The number of aromatic nitrogens is 2. The fourth-order valence-corrected chi connectivity index (χ4v) is 4.55. The van der Waals surface area contributed by atoms with Gasteiger partial charge in [0.05, 0.1) is 0 Å². The Hall–Kier alpha value is -3.33. The highest BCUT2D eigenvalue weighted by molar-refractivity contribution is 5.98. The highest BCUT2D eigenvalue weighted by Gasteiger charge is 2.37. The van der Waals surface area contributed by atoms with Crippen LogP contribution in [0.5, 0.6) is 5.88 Å². The first kappa shape index (κ1) is 25.8. The van der Waals surface area contributed by atoms with Gasteiger partial charge >= 0.3 is 6.09 Å². The summed E-state index contributed by atoms with van der Waals surface area (Å²) in [5, 5.41) is 0. The summed E-state index contributed by atoms with van der Waals surface area (Å²) in [6.45, 7) is 9.94. The summed E-state index contributed by atoms with van der Waals surface area (Å²) < 4.78 is 5.46. The third-order valence-electron chi connectivity index (χ3n) is 6.76. The molecule has 0 unspecified atom stereocenters. The van der Waals surface area contributed by atoms with Crippen molar-refractivity contribution < 1.29 is 19.1 Å². The van der Waals surface area contributed by atoms with E-state index < -0.39 is 6.09 Å². The van der Waals surface area contributed by atoms with Crippen molar-refractivity contribution in [3.05, 3.63) is 53.5 Å². The number of carbonyl (C=O) groups is 3. The number of amides is 3. The molecule has 2 aliphatic heterocycles. The number of aryl methyl sites for hydroxylation is 1. The maximum Gasteiger partial charge on any atom is 0.416 e. The van der Waals surface area contributed by atoms with Gasteiger partial charge < -0.3 is 9.64 Å². The Balaban J connectivity index is 1.19. The lowest BCUT2D eigenvalue weighted by molar-refractivity contribution is -0.152. The molecule has 2 saturated heterocycles. The van der Waals surface area contributed by atoms with Crippen molar-refractivity contribution >= 4 is 17.9 Å². The van der Waals surface area contributed by atoms with Crippen LogP contribution in [0.25, 0.3) is 0 Å². The Morgan fingerprint density at radius 3 is 2.25 bits per heavy atom. The molecule has 0 aromatic carbocycles. The van der Waals surface area contributed by atoms with E-state index >= 15 is 0 Å². The summed E-state index contributed by atoms with van der Waals surface area (Å²) in [4.78, 5) is 51.3. The van der Waals surface area contributed by atoms with E-state index in [1.54, 1.807) is 17.2 Å². The van der Waals surface area contributed by atoms with Crippen LogP contribution in [0, 0.1) is 12.3 Å². The van der Waals surface area contributed by atoms with Crippen LogP contribution in [0.4, 0.5) is 4.79 Å². The lowest BCUT2D eigenvalue weighted by Gasteiger charge is -2.34. The molecule has 2 aromatic heterocycles. The third kappa shape index (κ3) is 6.87. The van der Waals surface area contributed by atoms with Crippen LogP contribution >= 0.6 is 0 Å². The van der Waals surface area contributed by atoms with Crippen LogP contribution in [-0.4, -0.2) is 81.8 Å². The molecule has 4 rings (SSSR count). The number of likely N-dealkylation sites (tertiary alicyclic amines) is 1. The van der Waals surface area contributed by atoms with E-state index in [-0.39, 0.29) is 23.1 Å². The van der Waals surface area contributed by atoms with Crippen LogP contribution in [0.1, 0.15) is 43.5 Å². The normalized spacial score (nSPS) is 18.4. The van der Waals surface area contributed by atoms with Crippen molar-refractivity contribution in [1.82, 2.24) is 24.7 Å². The van der Waals surface area contributed by atoms with Crippen molar-refractivity contribution in [2.75, 3.05) is 39.3 Å². The van der Waals surface area contributed by atoms with Crippen LogP contribution in [-0.2, 0) is 22.4 Å². The van der Waals surface area contributed by atoms with Gasteiger partial charge in [-0.1, -0.05) is 26.0 Å². The van der Waals surface area contributed by atoms with Gasteiger partial charge in [0.25, 0.3) is 0 Å². The Kier molecular flexibility index (Phi) is 7.98. The number of piperazine rings is 1. The minimum atomic E-state index is -0.401. The van der Waals surface area contributed by atoms with E-state index in [9.17, 15) is 14.4 Å². The van der Waals surface area contributed by atoms with E-state index in [0.29, 0.717) is 38.9 Å². The number of nitrogens with zero attached hydrogens (tertiary/aromatic N) is 5. The predicted molar refractivity (Wildman–Crippen MR) is 134 cm³/mol. The van der Waals surface area contributed by atoms with Gasteiger partial charge in [-0.25, -0.2) is 9.78 Å². The van der Waals surface area contributed by atoms with E-state index in [0.717, 1.165) is 42.9 Å². The van der Waals surface area contributed by atoms with Crippen LogP contribution in [0.3, 0.4) is 0 Å². The molecular weight excluding hydrogens is 458 g/mol. The van der Waals surface area contributed by atoms with Crippen molar-refractivity contribution in [2.45, 2.75) is 46.5 Å². The van der Waals surface area contributed by atoms with Gasteiger partial charge in [-0.3, -0.25) is 24.4 Å². The maximum absolute atomic E-state index is 12.6. The fourth-order valence-electron chi connectivity index (χ4n) is 4.55. The zero-order valence-electron chi connectivity index (χ0n) is 21.4. The molecule has 9 nitrogen and oxygen atoms in total. The first-order valence-electron chi connectivity index (χ1n) is 12.6. The number of piperidine rings is 1. The van der Waals surface area contributed by atoms with E-state index in [2.05, 4.69) is 27.0 Å². The van der Waals surface area contributed by atoms with E-state index in [1.165, 1.54) is 4.90 Å². The Morgan fingerprint density at radius 1 is 0.917 bits per heavy atom. The summed E-state index contributed by atoms with van der Waals surface area (Å²) >= 11 is 0. The second kappa shape index (κ2) is 11.2. The molecule has 2 aliphatic rings. The lowest BCUT2D eigenvalue weighted by Crippen LogP contribution is -2.50. The number of rotatable bonds is 7. The fraction of sp³-hybridized carbons (Fsp3) is 0.519. The molecule has 2 aromatic rings. The molecule has 0 N–H and O–H groups in total. The van der Waals surface area contributed by atoms with Crippen molar-refractivity contribution in [3.63, 3.8) is 0 Å². The number of ether oxygens (including phenoxy) is 1. The molecule has 192 valence electrons. The average molecular weight is 494 g/mol. The van der Waals surface area contributed by atoms with Crippen molar-refractivity contribution in [1.29, 1.82) is 0 Å². The molecule has 0 bridgehead atoms. The van der Waals surface area contributed by atoms with Crippen LogP contribution < -0.4 is 4.74 Å². The molecule has 0 saturated carbocycles. The molecule has 0 atom stereocenters. The van der Waals surface area contributed by atoms with Crippen LogP contribution in [0.15, 0.2) is 36.7 Å². The molecule has 0 aliphatic carbocycles. The summed E-state index contributed by atoms with van der Waals surface area (Å²) in [5.74, 6) is -0.00755. The van der Waals surface area contributed by atoms with E-state index in [1.807, 2.05) is 33.0 Å². The summed E-state index contributed by atoms with van der Waals surface area (Å²) in [6.07, 6.45) is 5.28. The first-order chi connectivity index (χ1) is 17.2. The summed E-state index contributed by atoms with van der Waals surface area (Å²) in [5.41, 5.74) is 2.83. The zero-order valence-corrected chi connectivity index (χ0v) is 21.4. The van der Waals surface area contributed by atoms with Gasteiger partial charge in [-0.2, -0.15) is 0 Å². The first-order valence-corrected chi connectivity index (χ1v) is 12.6. The SMILES string of the molecule is Cc1ccc(CCN2CCN(C(=O)Oc3ccc(CCN4C(=O)CC(C)(C)CC4=O)cn3)CC2)nc1. The molecule has 3 amide bonds. The smallest absolute Gasteiger partial charge is 0.391 e. The monoisotopic (exact) mass is 493 g/mol. The van der Waals surface area contributed by atoms with Gasteiger partial charge in [0.1, 0.15) is 0 Å². The molecule has 2 fully saturated rings. The molecule has 0 radical (unpaired) electrons.